The highest BCUT2D eigenvalue weighted by atomic mass is 16.7. The molecule has 13 heteroatoms. The Labute approximate surface area is 226 Å². The van der Waals surface area contributed by atoms with Gasteiger partial charge in [-0.25, -0.2) is 0 Å². The van der Waals surface area contributed by atoms with Crippen LogP contribution in [0, 0.1) is 23.7 Å². The average molecular weight is 559 g/mol. The molecule has 2 aliphatic rings. The molecule has 0 aromatic carbocycles. The van der Waals surface area contributed by atoms with Crippen LogP contribution in [0.15, 0.2) is 24.3 Å². The van der Waals surface area contributed by atoms with Crippen LogP contribution in [0.5, 0.6) is 0 Å². The highest BCUT2D eigenvalue weighted by Crippen LogP contribution is 2.24. The molecule has 13 nitrogen and oxygen atoms in total. The lowest BCUT2D eigenvalue weighted by Gasteiger charge is -2.40. The van der Waals surface area contributed by atoms with Gasteiger partial charge in [0.25, 0.3) is 0 Å². The first-order chi connectivity index (χ1) is 18.7. The van der Waals surface area contributed by atoms with Crippen molar-refractivity contribution in [1.29, 1.82) is 0 Å². The largest absolute Gasteiger partial charge is 0.396 e. The van der Waals surface area contributed by atoms with Crippen molar-refractivity contribution in [3.63, 3.8) is 0 Å². The normalized spacial score (nSPS) is 35.8. The predicted octanol–water partition coefficient (Wildman–Crippen LogP) is -3.73. The number of unbranched alkanes of at least 4 members (excludes halogenated alkanes) is 1. The Morgan fingerprint density at radius 2 is 1.26 bits per heavy atom. The van der Waals surface area contributed by atoms with E-state index >= 15 is 0 Å². The van der Waals surface area contributed by atoms with Crippen molar-refractivity contribution in [2.45, 2.75) is 86.8 Å². The fraction of sp³-hybridized carbons (Fsp3) is 0.692. The maximum Gasteiger partial charge on any atom is 0.187 e. The van der Waals surface area contributed by atoms with Gasteiger partial charge in [-0.3, -0.25) is 0 Å². The maximum atomic E-state index is 10.2. The van der Waals surface area contributed by atoms with Crippen molar-refractivity contribution in [3.8, 4) is 23.7 Å². The molecular weight excluding hydrogens is 520 g/mol. The molecule has 2 aliphatic heterocycles. The molecule has 2 heterocycles. The number of hydrogen-bond acceptors (Lipinski definition) is 13. The summed E-state index contributed by atoms with van der Waals surface area (Å²) in [6.45, 7) is -1.17. The van der Waals surface area contributed by atoms with Gasteiger partial charge >= 0.3 is 0 Å². The molecule has 220 valence electrons. The second kappa shape index (κ2) is 17.7. The molecule has 2 rings (SSSR count). The van der Waals surface area contributed by atoms with E-state index in [1.807, 2.05) is 0 Å². The van der Waals surface area contributed by atoms with Crippen molar-refractivity contribution in [2.24, 2.45) is 0 Å². The first-order valence-electron chi connectivity index (χ1n) is 12.6. The number of hydrogen-bond donors (Lipinski definition) is 9. The van der Waals surface area contributed by atoms with Gasteiger partial charge in [0.05, 0.1) is 25.9 Å². The quantitative estimate of drug-likeness (QED) is 0.0832. The lowest BCUT2D eigenvalue weighted by atomic mass is 9.99. The number of ether oxygens (including phenoxy) is 4. The minimum atomic E-state index is -1.56. The molecule has 0 amide bonds. The second-order valence-corrected chi connectivity index (χ2v) is 8.92. The summed E-state index contributed by atoms with van der Waals surface area (Å²) in [4.78, 5) is 0. The van der Waals surface area contributed by atoms with Gasteiger partial charge in [0.15, 0.2) is 12.6 Å². The molecule has 0 aliphatic carbocycles. The van der Waals surface area contributed by atoms with Gasteiger partial charge in [0, 0.05) is 6.61 Å². The Morgan fingerprint density at radius 1 is 0.692 bits per heavy atom. The summed E-state index contributed by atoms with van der Waals surface area (Å²) in [5, 5.41) is 87.0. The number of aliphatic hydroxyl groups excluding tert-OH is 9. The minimum Gasteiger partial charge on any atom is -0.396 e. The van der Waals surface area contributed by atoms with Crippen molar-refractivity contribution < 1.29 is 64.9 Å². The molecule has 39 heavy (non-hydrogen) atoms. The molecule has 2 saturated heterocycles. The third kappa shape index (κ3) is 10.2. The number of allylic oxidation sites excluding steroid dienone is 2. The topological polar surface area (TPSA) is 219 Å². The van der Waals surface area contributed by atoms with E-state index in [0.29, 0.717) is 19.3 Å². The van der Waals surface area contributed by atoms with Crippen LogP contribution in [-0.4, -0.2) is 140 Å². The van der Waals surface area contributed by atoms with Gasteiger partial charge < -0.3 is 64.9 Å². The molecular formula is C26H38O13. The molecule has 9 N–H and O–H groups in total. The highest BCUT2D eigenvalue weighted by Gasteiger charge is 2.45. The SMILES string of the molecule is OCCCC[C@@H](/C=C/C#CC#C/C=C/CO[C@@H]1O[C@H](CO)[C@@H](O)[C@H](O)[C@H]1O)O[C@@H]1O[C@H](CO)[C@@H](O)[C@H](O)[C@H]1O. The Kier molecular flexibility index (Phi) is 15.1. The molecule has 0 aromatic heterocycles. The summed E-state index contributed by atoms with van der Waals surface area (Å²) in [5.74, 6) is 10.5. The predicted molar refractivity (Wildman–Crippen MR) is 133 cm³/mol. The van der Waals surface area contributed by atoms with Crippen LogP contribution in [0.3, 0.4) is 0 Å². The van der Waals surface area contributed by atoms with Crippen molar-refractivity contribution in [3.05, 3.63) is 24.3 Å². The monoisotopic (exact) mass is 558 g/mol. The van der Waals surface area contributed by atoms with E-state index in [2.05, 4.69) is 23.7 Å². The third-order valence-corrected chi connectivity index (χ3v) is 6.06. The van der Waals surface area contributed by atoms with E-state index in [1.165, 1.54) is 18.2 Å². The fourth-order valence-electron chi connectivity index (χ4n) is 3.79. The van der Waals surface area contributed by atoms with Crippen LogP contribution in [0.1, 0.15) is 19.3 Å². The molecule has 0 radical (unpaired) electrons. The van der Waals surface area contributed by atoms with Crippen LogP contribution in [0.4, 0.5) is 0 Å². The molecule has 0 aromatic rings. The number of rotatable bonds is 12. The van der Waals surface area contributed by atoms with Crippen LogP contribution >= 0.6 is 0 Å². The van der Waals surface area contributed by atoms with E-state index in [0.717, 1.165) is 0 Å². The summed E-state index contributed by atoms with van der Waals surface area (Å²) < 4.78 is 21.6. The van der Waals surface area contributed by atoms with Gasteiger partial charge in [-0.05, 0) is 49.3 Å². The zero-order valence-corrected chi connectivity index (χ0v) is 21.3. The Morgan fingerprint density at radius 3 is 1.85 bits per heavy atom. The zero-order valence-electron chi connectivity index (χ0n) is 21.3. The Balaban J connectivity index is 1.86. The first kappa shape index (κ1) is 33.3. The van der Waals surface area contributed by atoms with Crippen molar-refractivity contribution >= 4 is 0 Å². The van der Waals surface area contributed by atoms with E-state index in [-0.39, 0.29) is 13.2 Å². The molecule has 0 unspecified atom stereocenters. The smallest absolute Gasteiger partial charge is 0.187 e. The first-order valence-corrected chi connectivity index (χ1v) is 12.6. The maximum absolute atomic E-state index is 10.2. The summed E-state index contributed by atoms with van der Waals surface area (Å²) >= 11 is 0. The fourth-order valence-corrected chi connectivity index (χ4v) is 3.79. The molecule has 0 bridgehead atoms. The average Bonchev–Trinajstić information content (AvgIpc) is 2.93. The van der Waals surface area contributed by atoms with Crippen LogP contribution in [-0.2, 0) is 18.9 Å². The lowest BCUT2D eigenvalue weighted by Crippen LogP contribution is -2.59. The number of aliphatic hydroxyl groups is 9. The van der Waals surface area contributed by atoms with Crippen LogP contribution < -0.4 is 0 Å². The van der Waals surface area contributed by atoms with Crippen molar-refractivity contribution in [1.82, 2.24) is 0 Å². The van der Waals surface area contributed by atoms with Crippen molar-refractivity contribution in [2.75, 3.05) is 26.4 Å². The van der Waals surface area contributed by atoms with E-state index < -0.39 is 80.7 Å². The van der Waals surface area contributed by atoms with Gasteiger partial charge in [0.2, 0.25) is 0 Å². The summed E-state index contributed by atoms with van der Waals surface area (Å²) in [6, 6.07) is 0. The van der Waals surface area contributed by atoms with Gasteiger partial charge in [-0.1, -0.05) is 17.9 Å². The molecule has 2 fully saturated rings. The zero-order chi connectivity index (χ0) is 28.8. The van der Waals surface area contributed by atoms with Crippen LogP contribution in [0.25, 0.3) is 0 Å². The minimum absolute atomic E-state index is 0.00699. The van der Waals surface area contributed by atoms with E-state index in [1.54, 1.807) is 6.08 Å². The lowest BCUT2D eigenvalue weighted by molar-refractivity contribution is -0.307. The van der Waals surface area contributed by atoms with Gasteiger partial charge in [-0.2, -0.15) is 0 Å². The second-order valence-electron chi connectivity index (χ2n) is 8.92. The summed E-state index contributed by atoms with van der Waals surface area (Å²) in [5.41, 5.74) is 0. The van der Waals surface area contributed by atoms with Gasteiger partial charge in [0.1, 0.15) is 48.8 Å². The molecule has 11 atom stereocenters. The molecule has 0 saturated carbocycles. The van der Waals surface area contributed by atoms with Gasteiger partial charge in [-0.15, -0.1) is 0 Å². The third-order valence-electron chi connectivity index (χ3n) is 6.06. The molecule has 0 spiro atoms. The standard InChI is InChI=1S/C26H38O13/c27-12-8-7-11-16(37-26-24(35)22(33)20(31)18(15-29)39-26)10-6-4-2-1-3-5-9-13-36-25-23(34)21(32)19(30)17(14-28)38-25/h5-6,9-10,16-35H,7-8,11-15H2/b9-5+,10-6+/t16-,17-,18-,19-,20-,21+,22+,23-,24-,25-,26-/m1/s1. The Bertz CT molecular complexity index is 884. The Hall–Kier alpha value is -1.92. The summed E-state index contributed by atoms with van der Waals surface area (Å²) in [7, 11) is 0. The van der Waals surface area contributed by atoms with Crippen LogP contribution in [0.2, 0.25) is 0 Å². The highest BCUT2D eigenvalue weighted by molar-refractivity contribution is 5.34. The van der Waals surface area contributed by atoms with E-state index in [9.17, 15) is 40.9 Å². The van der Waals surface area contributed by atoms with E-state index in [4.69, 9.17) is 24.1 Å². The summed E-state index contributed by atoms with van der Waals surface area (Å²) in [6.07, 6.45) is -6.79.